The number of carbonyl (C=O) groups is 1. The second kappa shape index (κ2) is 8.48. The van der Waals surface area contributed by atoms with Crippen molar-refractivity contribution in [3.05, 3.63) is 96.1 Å². The van der Waals surface area contributed by atoms with Gasteiger partial charge in [-0.3, -0.25) is 14.4 Å². The number of carbonyl (C=O) groups excluding carboxylic acids is 1. The summed E-state index contributed by atoms with van der Waals surface area (Å²) < 4.78 is 27.2. The molecule has 1 amide bonds. The van der Waals surface area contributed by atoms with Crippen LogP contribution in [0.2, 0.25) is 0 Å². The summed E-state index contributed by atoms with van der Waals surface area (Å²) in [5.74, 6) is -0.466. The second-order valence-corrected chi connectivity index (χ2v) is 7.39. The van der Waals surface area contributed by atoms with Crippen LogP contribution in [0.15, 0.2) is 89.8 Å². The number of sulfonamides is 1. The van der Waals surface area contributed by atoms with Crippen LogP contribution < -0.4 is 10.2 Å². The van der Waals surface area contributed by atoms with E-state index in [9.17, 15) is 13.2 Å². The molecule has 0 bridgehead atoms. The van der Waals surface area contributed by atoms with Gasteiger partial charge in [0.25, 0.3) is 15.9 Å². The monoisotopic (exact) mass is 382 g/mol. The third-order valence-corrected chi connectivity index (χ3v) is 5.07. The van der Waals surface area contributed by atoms with Crippen molar-refractivity contribution in [2.45, 2.75) is 11.5 Å². The van der Waals surface area contributed by atoms with Gasteiger partial charge in [-0.1, -0.05) is 54.6 Å². The summed E-state index contributed by atoms with van der Waals surface area (Å²) in [6, 6.07) is 23.6. The maximum atomic E-state index is 12.4. The SMILES string of the molecule is O=C(NOCc1ccccc1)c1cccc(NS(=O)(=O)c2ccccc2)c1. The molecule has 3 rings (SSSR count). The van der Waals surface area contributed by atoms with E-state index >= 15 is 0 Å². The molecule has 0 aliphatic rings. The fraction of sp³-hybridized carbons (Fsp3) is 0.0500. The lowest BCUT2D eigenvalue weighted by Crippen LogP contribution is -2.23. The van der Waals surface area contributed by atoms with E-state index in [0.717, 1.165) is 5.56 Å². The Morgan fingerprint density at radius 3 is 2.22 bits per heavy atom. The van der Waals surface area contributed by atoms with Gasteiger partial charge in [-0.15, -0.1) is 0 Å². The van der Waals surface area contributed by atoms with Crippen molar-refractivity contribution in [3.8, 4) is 0 Å². The predicted molar refractivity (Wildman–Crippen MR) is 102 cm³/mol. The molecule has 0 saturated heterocycles. The lowest BCUT2D eigenvalue weighted by atomic mass is 10.2. The minimum absolute atomic E-state index is 0.144. The van der Waals surface area contributed by atoms with Crippen LogP contribution >= 0.6 is 0 Å². The van der Waals surface area contributed by atoms with E-state index in [-0.39, 0.29) is 22.8 Å². The van der Waals surface area contributed by atoms with Crippen LogP contribution in [0.3, 0.4) is 0 Å². The van der Waals surface area contributed by atoms with Crippen molar-refractivity contribution in [1.29, 1.82) is 0 Å². The number of hydrogen-bond donors (Lipinski definition) is 2. The summed E-state index contributed by atoms with van der Waals surface area (Å²) in [6.07, 6.45) is 0. The summed E-state index contributed by atoms with van der Waals surface area (Å²) in [6.45, 7) is 0.229. The number of anilines is 1. The Morgan fingerprint density at radius 2 is 1.52 bits per heavy atom. The second-order valence-electron chi connectivity index (χ2n) is 5.70. The van der Waals surface area contributed by atoms with Gasteiger partial charge in [0.15, 0.2) is 0 Å². The van der Waals surface area contributed by atoms with Crippen LogP contribution in [0.25, 0.3) is 0 Å². The van der Waals surface area contributed by atoms with Crippen molar-refractivity contribution in [2.75, 3.05) is 4.72 Å². The molecule has 3 aromatic rings. The summed E-state index contributed by atoms with van der Waals surface area (Å²) >= 11 is 0. The molecule has 0 atom stereocenters. The summed E-state index contributed by atoms with van der Waals surface area (Å²) in [7, 11) is -3.72. The number of rotatable bonds is 7. The zero-order valence-electron chi connectivity index (χ0n) is 14.3. The Morgan fingerprint density at radius 1 is 0.852 bits per heavy atom. The molecule has 27 heavy (non-hydrogen) atoms. The standard InChI is InChI=1S/C20H18N2O4S/c23-20(21-26-15-16-8-3-1-4-9-16)17-10-7-11-18(14-17)22-27(24,25)19-12-5-2-6-13-19/h1-14,22H,15H2,(H,21,23). The van der Waals surface area contributed by atoms with E-state index in [0.29, 0.717) is 0 Å². The van der Waals surface area contributed by atoms with Crippen LogP contribution in [-0.2, 0) is 21.5 Å². The van der Waals surface area contributed by atoms with Crippen molar-refractivity contribution in [2.24, 2.45) is 0 Å². The molecule has 0 heterocycles. The largest absolute Gasteiger partial charge is 0.280 e. The third-order valence-electron chi connectivity index (χ3n) is 3.68. The third kappa shape index (κ3) is 5.16. The molecule has 0 aliphatic heterocycles. The first-order chi connectivity index (χ1) is 13.0. The number of benzene rings is 3. The van der Waals surface area contributed by atoms with Crippen molar-refractivity contribution in [1.82, 2.24) is 5.48 Å². The highest BCUT2D eigenvalue weighted by Crippen LogP contribution is 2.17. The van der Waals surface area contributed by atoms with Crippen LogP contribution in [-0.4, -0.2) is 14.3 Å². The van der Waals surface area contributed by atoms with Crippen LogP contribution in [0.4, 0.5) is 5.69 Å². The maximum Gasteiger partial charge on any atom is 0.274 e. The Hall–Kier alpha value is -3.16. The van der Waals surface area contributed by atoms with Gasteiger partial charge in [0.05, 0.1) is 11.5 Å². The Kier molecular flexibility index (Phi) is 5.85. The van der Waals surface area contributed by atoms with Gasteiger partial charge < -0.3 is 0 Å². The number of hydroxylamine groups is 1. The van der Waals surface area contributed by atoms with Gasteiger partial charge in [-0.05, 0) is 35.9 Å². The first-order valence-electron chi connectivity index (χ1n) is 8.18. The van der Waals surface area contributed by atoms with Crippen molar-refractivity contribution >= 4 is 21.6 Å². The lowest BCUT2D eigenvalue weighted by molar-refractivity contribution is 0.0233. The molecule has 2 N–H and O–H groups in total. The summed E-state index contributed by atoms with van der Waals surface area (Å²) in [4.78, 5) is 17.6. The molecule has 0 saturated carbocycles. The van der Waals surface area contributed by atoms with Gasteiger partial charge in [-0.25, -0.2) is 13.9 Å². The Labute approximate surface area is 157 Å². The average molecular weight is 382 g/mol. The van der Waals surface area contributed by atoms with E-state index in [1.807, 2.05) is 30.3 Å². The van der Waals surface area contributed by atoms with E-state index in [2.05, 4.69) is 10.2 Å². The van der Waals surface area contributed by atoms with E-state index in [1.165, 1.54) is 18.2 Å². The minimum atomic E-state index is -3.72. The fourth-order valence-corrected chi connectivity index (χ4v) is 3.43. The molecular weight excluding hydrogens is 364 g/mol. The Bertz CT molecular complexity index is 1010. The summed E-state index contributed by atoms with van der Waals surface area (Å²) in [5.41, 5.74) is 3.83. The van der Waals surface area contributed by atoms with Gasteiger partial charge in [0, 0.05) is 11.3 Å². The molecule has 0 radical (unpaired) electrons. The van der Waals surface area contributed by atoms with Crippen LogP contribution in [0.1, 0.15) is 15.9 Å². The molecule has 0 aliphatic carbocycles. The Balaban J connectivity index is 1.63. The molecule has 6 nitrogen and oxygen atoms in total. The highest BCUT2D eigenvalue weighted by molar-refractivity contribution is 7.92. The molecule has 3 aromatic carbocycles. The predicted octanol–water partition coefficient (Wildman–Crippen LogP) is 3.35. The smallest absolute Gasteiger partial charge is 0.274 e. The molecule has 0 spiro atoms. The molecule has 7 heteroatoms. The molecule has 0 unspecified atom stereocenters. The van der Waals surface area contributed by atoms with Gasteiger partial charge in [0.2, 0.25) is 0 Å². The number of nitrogens with one attached hydrogen (secondary N) is 2. The molecule has 138 valence electrons. The van der Waals surface area contributed by atoms with Gasteiger partial charge >= 0.3 is 0 Å². The van der Waals surface area contributed by atoms with Crippen LogP contribution in [0, 0.1) is 0 Å². The lowest BCUT2D eigenvalue weighted by Gasteiger charge is -2.10. The highest BCUT2D eigenvalue weighted by atomic mass is 32.2. The topological polar surface area (TPSA) is 84.5 Å². The van der Waals surface area contributed by atoms with Crippen LogP contribution in [0.5, 0.6) is 0 Å². The number of amides is 1. The van der Waals surface area contributed by atoms with E-state index in [4.69, 9.17) is 4.84 Å². The van der Waals surface area contributed by atoms with E-state index < -0.39 is 15.9 Å². The quantitative estimate of drug-likeness (QED) is 0.614. The van der Waals surface area contributed by atoms with Gasteiger partial charge in [0.1, 0.15) is 0 Å². The van der Waals surface area contributed by atoms with E-state index in [1.54, 1.807) is 36.4 Å². The highest BCUT2D eigenvalue weighted by Gasteiger charge is 2.14. The average Bonchev–Trinajstić information content (AvgIpc) is 2.69. The minimum Gasteiger partial charge on any atom is -0.280 e. The molecular formula is C20H18N2O4S. The summed E-state index contributed by atoms with van der Waals surface area (Å²) in [5, 5.41) is 0. The first kappa shape index (κ1) is 18.6. The van der Waals surface area contributed by atoms with Gasteiger partial charge in [-0.2, -0.15) is 0 Å². The number of hydrogen-bond acceptors (Lipinski definition) is 4. The molecule has 0 fully saturated rings. The van der Waals surface area contributed by atoms with Crippen molar-refractivity contribution < 1.29 is 18.0 Å². The first-order valence-corrected chi connectivity index (χ1v) is 9.67. The van der Waals surface area contributed by atoms with Crippen molar-refractivity contribution in [3.63, 3.8) is 0 Å². The fourth-order valence-electron chi connectivity index (χ4n) is 2.36. The zero-order valence-corrected chi connectivity index (χ0v) is 15.1. The maximum absolute atomic E-state index is 12.4. The normalized spacial score (nSPS) is 11.0. The molecule has 0 aromatic heterocycles. The zero-order chi connectivity index (χ0) is 19.1.